The molecular formula is C24H26N6O4. The minimum atomic E-state index is -1.05. The van der Waals surface area contributed by atoms with E-state index in [1.54, 1.807) is 18.3 Å². The number of hydrogen-bond donors (Lipinski definition) is 5. The second kappa shape index (κ2) is 11.9. The molecule has 0 saturated carbocycles. The molecule has 0 unspecified atom stereocenters. The first-order valence-corrected chi connectivity index (χ1v) is 10.5. The van der Waals surface area contributed by atoms with Crippen LogP contribution >= 0.6 is 0 Å². The van der Waals surface area contributed by atoms with Gasteiger partial charge in [0.2, 0.25) is 11.9 Å². The molecule has 0 saturated heterocycles. The molecule has 0 bridgehead atoms. The SMILES string of the molecule is C=CC(=O)Nc1cccc(Nc2nc(Nc3cccc(OCCCNC(=O)O)c3)ncc2C)c1. The Hall–Kier alpha value is -4.60. The topological polar surface area (TPSA) is 138 Å². The largest absolute Gasteiger partial charge is 0.493 e. The van der Waals surface area contributed by atoms with Crippen molar-refractivity contribution in [1.29, 1.82) is 0 Å². The van der Waals surface area contributed by atoms with Crippen molar-refractivity contribution in [2.24, 2.45) is 0 Å². The number of nitrogens with zero attached hydrogens (tertiary/aromatic N) is 2. The van der Waals surface area contributed by atoms with Crippen molar-refractivity contribution in [2.45, 2.75) is 13.3 Å². The van der Waals surface area contributed by atoms with Crippen LogP contribution < -0.4 is 26.0 Å². The predicted molar refractivity (Wildman–Crippen MR) is 131 cm³/mol. The van der Waals surface area contributed by atoms with Gasteiger partial charge >= 0.3 is 6.09 Å². The molecule has 0 aliphatic heterocycles. The molecule has 0 aliphatic carbocycles. The summed E-state index contributed by atoms with van der Waals surface area (Å²) in [4.78, 5) is 30.9. The quantitative estimate of drug-likeness (QED) is 0.208. The fourth-order valence-corrected chi connectivity index (χ4v) is 2.88. The maximum absolute atomic E-state index is 11.5. The average Bonchev–Trinajstić information content (AvgIpc) is 2.81. The van der Waals surface area contributed by atoms with Gasteiger partial charge in [-0.3, -0.25) is 4.79 Å². The van der Waals surface area contributed by atoms with E-state index in [9.17, 15) is 9.59 Å². The van der Waals surface area contributed by atoms with Gasteiger partial charge in [0.05, 0.1) is 6.61 Å². The Morgan fingerprint density at radius 3 is 2.59 bits per heavy atom. The van der Waals surface area contributed by atoms with Gasteiger partial charge in [-0.2, -0.15) is 4.98 Å². The number of amides is 2. The molecule has 2 aromatic carbocycles. The molecule has 1 heterocycles. The molecule has 1 aromatic heterocycles. The second-order valence-electron chi connectivity index (χ2n) is 7.21. The van der Waals surface area contributed by atoms with E-state index in [1.807, 2.05) is 43.3 Å². The van der Waals surface area contributed by atoms with Gasteiger partial charge < -0.3 is 31.1 Å². The van der Waals surface area contributed by atoms with Gasteiger partial charge in [-0.25, -0.2) is 9.78 Å². The third kappa shape index (κ3) is 7.52. The van der Waals surface area contributed by atoms with Crippen LogP contribution in [0.2, 0.25) is 0 Å². The molecule has 3 aromatic rings. The van der Waals surface area contributed by atoms with E-state index in [-0.39, 0.29) is 5.91 Å². The Bertz CT molecular complexity index is 1170. The van der Waals surface area contributed by atoms with Gasteiger partial charge in [-0.15, -0.1) is 0 Å². The Morgan fingerprint density at radius 1 is 1.09 bits per heavy atom. The van der Waals surface area contributed by atoms with Crippen LogP contribution in [0.4, 0.5) is 33.6 Å². The normalized spacial score (nSPS) is 10.1. The number of aromatic nitrogens is 2. The van der Waals surface area contributed by atoms with E-state index in [1.165, 1.54) is 6.08 Å². The number of carbonyl (C=O) groups excluding carboxylic acids is 1. The number of anilines is 5. The van der Waals surface area contributed by atoms with Crippen molar-refractivity contribution >= 4 is 40.8 Å². The first-order chi connectivity index (χ1) is 16.4. The van der Waals surface area contributed by atoms with Crippen LogP contribution in [0.1, 0.15) is 12.0 Å². The van der Waals surface area contributed by atoms with E-state index < -0.39 is 6.09 Å². The third-order valence-corrected chi connectivity index (χ3v) is 4.51. The molecule has 0 radical (unpaired) electrons. The summed E-state index contributed by atoms with van der Waals surface area (Å²) in [6, 6.07) is 14.6. The molecule has 3 rings (SSSR count). The smallest absolute Gasteiger partial charge is 0.404 e. The van der Waals surface area contributed by atoms with Crippen molar-refractivity contribution in [1.82, 2.24) is 15.3 Å². The van der Waals surface area contributed by atoms with E-state index in [4.69, 9.17) is 9.84 Å². The lowest BCUT2D eigenvalue weighted by atomic mass is 10.2. The summed E-state index contributed by atoms with van der Waals surface area (Å²) >= 11 is 0. The number of hydrogen-bond acceptors (Lipinski definition) is 7. The highest BCUT2D eigenvalue weighted by atomic mass is 16.5. The number of aryl methyl sites for hydroxylation is 1. The summed E-state index contributed by atoms with van der Waals surface area (Å²) in [6.45, 7) is 6.05. The van der Waals surface area contributed by atoms with Gasteiger partial charge in [-0.1, -0.05) is 18.7 Å². The van der Waals surface area contributed by atoms with Gasteiger partial charge in [0.1, 0.15) is 11.6 Å². The highest BCUT2D eigenvalue weighted by molar-refractivity contribution is 5.99. The molecule has 0 spiro atoms. The molecular weight excluding hydrogens is 436 g/mol. The van der Waals surface area contributed by atoms with Gasteiger partial charge in [0.15, 0.2) is 0 Å². The second-order valence-corrected chi connectivity index (χ2v) is 7.21. The average molecular weight is 463 g/mol. The highest BCUT2D eigenvalue weighted by Gasteiger charge is 2.07. The Morgan fingerprint density at radius 2 is 1.82 bits per heavy atom. The highest BCUT2D eigenvalue weighted by Crippen LogP contribution is 2.24. The van der Waals surface area contributed by atoms with E-state index in [2.05, 4.69) is 37.8 Å². The van der Waals surface area contributed by atoms with Crippen molar-refractivity contribution in [2.75, 3.05) is 29.1 Å². The first-order valence-electron chi connectivity index (χ1n) is 10.5. The zero-order valence-corrected chi connectivity index (χ0v) is 18.7. The van der Waals surface area contributed by atoms with Crippen molar-refractivity contribution in [3.8, 4) is 5.75 Å². The van der Waals surface area contributed by atoms with Crippen LogP contribution in [-0.2, 0) is 4.79 Å². The lowest BCUT2D eigenvalue weighted by Crippen LogP contribution is -2.23. The molecule has 176 valence electrons. The van der Waals surface area contributed by atoms with Crippen LogP contribution in [0.15, 0.2) is 67.4 Å². The summed E-state index contributed by atoms with van der Waals surface area (Å²) in [5.41, 5.74) is 2.97. The number of benzene rings is 2. The zero-order chi connectivity index (χ0) is 24.3. The first kappa shape index (κ1) is 24.1. The monoisotopic (exact) mass is 462 g/mol. The molecule has 0 aliphatic rings. The fraction of sp³-hybridized carbons (Fsp3) is 0.167. The minimum Gasteiger partial charge on any atom is -0.493 e. The van der Waals surface area contributed by atoms with Crippen molar-refractivity contribution < 1.29 is 19.4 Å². The van der Waals surface area contributed by atoms with Crippen LogP contribution in [0, 0.1) is 6.92 Å². The molecule has 10 nitrogen and oxygen atoms in total. The maximum Gasteiger partial charge on any atom is 0.404 e. The summed E-state index contributed by atoms with van der Waals surface area (Å²) in [6.07, 6.45) is 2.42. The summed E-state index contributed by atoms with van der Waals surface area (Å²) < 4.78 is 5.67. The number of carbonyl (C=O) groups is 2. The third-order valence-electron chi connectivity index (χ3n) is 4.51. The summed E-state index contributed by atoms with van der Waals surface area (Å²) in [5, 5.41) is 20.0. The predicted octanol–water partition coefficient (Wildman–Crippen LogP) is 4.43. The number of nitrogens with one attached hydrogen (secondary N) is 4. The Kier molecular flexibility index (Phi) is 8.39. The lowest BCUT2D eigenvalue weighted by molar-refractivity contribution is -0.111. The maximum atomic E-state index is 11.5. The zero-order valence-electron chi connectivity index (χ0n) is 18.7. The van der Waals surface area contributed by atoms with Crippen molar-refractivity contribution in [3.63, 3.8) is 0 Å². The molecule has 0 fully saturated rings. The van der Waals surface area contributed by atoms with Crippen LogP contribution in [0.5, 0.6) is 5.75 Å². The van der Waals surface area contributed by atoms with Gasteiger partial charge in [0, 0.05) is 41.4 Å². The van der Waals surface area contributed by atoms with E-state index in [0.29, 0.717) is 42.8 Å². The van der Waals surface area contributed by atoms with Gasteiger partial charge in [0.25, 0.3) is 0 Å². The Labute approximate surface area is 197 Å². The number of rotatable bonds is 11. The summed E-state index contributed by atoms with van der Waals surface area (Å²) in [7, 11) is 0. The van der Waals surface area contributed by atoms with Crippen LogP contribution in [0.3, 0.4) is 0 Å². The van der Waals surface area contributed by atoms with Gasteiger partial charge in [-0.05, 0) is 49.8 Å². The minimum absolute atomic E-state index is 0.287. The standard InChI is InChI=1S/C24H26N6O4/c1-3-21(31)27-17-7-4-8-18(13-17)28-22-16(2)15-26-23(30-22)29-19-9-5-10-20(14-19)34-12-6-11-25-24(32)33/h3-5,7-10,13-15,25H,1,6,11-12H2,2H3,(H,27,31)(H,32,33)(H2,26,28,29,30). The molecule has 0 atom stereocenters. The molecule has 5 N–H and O–H groups in total. The van der Waals surface area contributed by atoms with Crippen LogP contribution in [-0.4, -0.2) is 40.2 Å². The molecule has 2 amide bonds. The molecule has 34 heavy (non-hydrogen) atoms. The van der Waals surface area contributed by atoms with Crippen LogP contribution in [0.25, 0.3) is 0 Å². The van der Waals surface area contributed by atoms with E-state index >= 15 is 0 Å². The number of ether oxygens (including phenoxy) is 1. The summed E-state index contributed by atoms with van der Waals surface area (Å²) in [5.74, 6) is 1.37. The number of carboxylic acid groups (broad SMARTS) is 1. The fourth-order valence-electron chi connectivity index (χ4n) is 2.88. The molecule has 10 heteroatoms. The lowest BCUT2D eigenvalue weighted by Gasteiger charge is -2.13. The van der Waals surface area contributed by atoms with Crippen molar-refractivity contribution in [3.05, 3.63) is 72.9 Å². The van der Waals surface area contributed by atoms with E-state index in [0.717, 1.165) is 16.9 Å². The Balaban J connectivity index is 1.64.